The molecule has 2 fully saturated rings. The maximum absolute atomic E-state index is 12.2. The molecule has 0 aliphatic heterocycles. The highest BCUT2D eigenvalue weighted by Gasteiger charge is 2.68. The van der Waals surface area contributed by atoms with Gasteiger partial charge in [0, 0.05) is 18.6 Å². The lowest BCUT2D eigenvalue weighted by molar-refractivity contribution is -0.127. The third-order valence-corrected chi connectivity index (χ3v) is 5.57. The van der Waals surface area contributed by atoms with Gasteiger partial charge in [0.1, 0.15) is 4.33 Å². The van der Waals surface area contributed by atoms with E-state index in [4.69, 9.17) is 23.2 Å². The van der Waals surface area contributed by atoms with Crippen molar-refractivity contribution < 1.29 is 9.90 Å². The zero-order valence-electron chi connectivity index (χ0n) is 10.7. The van der Waals surface area contributed by atoms with Gasteiger partial charge < -0.3 is 10.4 Å². The summed E-state index contributed by atoms with van der Waals surface area (Å²) in [6.45, 7) is 1.93. The van der Waals surface area contributed by atoms with Crippen molar-refractivity contribution in [2.45, 2.75) is 55.8 Å². The zero-order chi connectivity index (χ0) is 13.4. The first-order valence-electron chi connectivity index (χ1n) is 6.70. The maximum Gasteiger partial charge on any atom is 0.229 e. The highest BCUT2D eigenvalue weighted by Crippen LogP contribution is 2.63. The Morgan fingerprint density at radius 3 is 2.50 bits per heavy atom. The van der Waals surface area contributed by atoms with Crippen molar-refractivity contribution in [3.8, 4) is 0 Å². The number of carbonyl (C=O) groups is 1. The lowest BCUT2D eigenvalue weighted by atomic mass is 9.94. The first-order valence-corrected chi connectivity index (χ1v) is 7.46. The number of hydrogen-bond acceptors (Lipinski definition) is 2. The van der Waals surface area contributed by atoms with Crippen molar-refractivity contribution in [3.05, 3.63) is 0 Å². The molecule has 3 unspecified atom stereocenters. The minimum absolute atomic E-state index is 0.0616. The van der Waals surface area contributed by atoms with Crippen LogP contribution < -0.4 is 5.32 Å². The molecule has 0 aromatic rings. The Morgan fingerprint density at radius 2 is 1.94 bits per heavy atom. The summed E-state index contributed by atoms with van der Waals surface area (Å²) in [4.78, 5) is 12.2. The number of rotatable bonds is 3. The van der Waals surface area contributed by atoms with Gasteiger partial charge in [-0.15, -0.1) is 23.2 Å². The minimum atomic E-state index is -0.920. The lowest BCUT2D eigenvalue weighted by Gasteiger charge is -2.26. The topological polar surface area (TPSA) is 49.3 Å². The van der Waals surface area contributed by atoms with E-state index >= 15 is 0 Å². The fraction of sp³-hybridized carbons (Fsp3) is 0.923. The van der Waals surface area contributed by atoms with Crippen LogP contribution in [0.4, 0.5) is 0 Å². The molecule has 0 aromatic heterocycles. The molecule has 0 spiro atoms. The maximum atomic E-state index is 12.2. The van der Waals surface area contributed by atoms with Gasteiger partial charge in [-0.05, 0) is 26.2 Å². The number of amides is 1. The Labute approximate surface area is 118 Å². The third-order valence-electron chi connectivity index (χ3n) is 4.47. The van der Waals surface area contributed by atoms with E-state index in [1.807, 2.05) is 0 Å². The summed E-state index contributed by atoms with van der Waals surface area (Å²) in [5, 5.41) is 12.5. The molecule has 0 radical (unpaired) electrons. The molecule has 104 valence electrons. The number of nitrogens with one attached hydrogen (secondary N) is 1. The molecule has 1 amide bonds. The summed E-state index contributed by atoms with van der Waals surface area (Å²) in [7, 11) is 0. The summed E-state index contributed by atoms with van der Waals surface area (Å²) in [6, 6.07) is 0.0616. The molecule has 2 N–H and O–H groups in total. The predicted octanol–water partition coefficient (Wildman–Crippen LogP) is 2.63. The van der Waals surface area contributed by atoms with Gasteiger partial charge in [0.2, 0.25) is 5.91 Å². The number of hydrogen-bond donors (Lipinski definition) is 2. The highest BCUT2D eigenvalue weighted by molar-refractivity contribution is 6.53. The van der Waals surface area contributed by atoms with E-state index in [1.165, 1.54) is 6.42 Å². The second kappa shape index (κ2) is 5.18. The van der Waals surface area contributed by atoms with Crippen LogP contribution in [0.25, 0.3) is 0 Å². The van der Waals surface area contributed by atoms with Crippen LogP contribution in [0.2, 0.25) is 0 Å². The molecule has 0 bridgehead atoms. The van der Waals surface area contributed by atoms with Gasteiger partial charge in [-0.3, -0.25) is 4.79 Å². The van der Waals surface area contributed by atoms with Crippen LogP contribution in [0.1, 0.15) is 45.4 Å². The van der Waals surface area contributed by atoms with E-state index in [2.05, 4.69) is 5.32 Å². The molecule has 3 atom stereocenters. The number of aliphatic hydroxyl groups excluding tert-OH is 1. The molecule has 0 aromatic carbocycles. The van der Waals surface area contributed by atoms with Crippen LogP contribution in [0.5, 0.6) is 0 Å². The Bertz CT molecular complexity index is 335. The number of carbonyl (C=O) groups excluding carboxylic acids is 1. The molecule has 2 aliphatic carbocycles. The van der Waals surface area contributed by atoms with Crippen LogP contribution in [0, 0.1) is 11.3 Å². The van der Waals surface area contributed by atoms with Gasteiger partial charge in [-0.1, -0.05) is 19.3 Å². The molecule has 2 aliphatic rings. The molecule has 2 rings (SSSR count). The summed E-state index contributed by atoms with van der Waals surface area (Å²) in [5.41, 5.74) is -0.664. The highest BCUT2D eigenvalue weighted by atomic mass is 35.5. The van der Waals surface area contributed by atoms with Crippen LogP contribution in [-0.2, 0) is 4.79 Å². The normalized spacial score (nSPS) is 38.9. The summed E-state index contributed by atoms with van der Waals surface area (Å²) >= 11 is 12.0. The van der Waals surface area contributed by atoms with E-state index in [0.717, 1.165) is 25.7 Å². The monoisotopic (exact) mass is 293 g/mol. The Balaban J connectivity index is 1.97. The van der Waals surface area contributed by atoms with Crippen molar-refractivity contribution in [2.75, 3.05) is 6.61 Å². The quantitative estimate of drug-likeness (QED) is 0.621. The average Bonchev–Trinajstić information content (AvgIpc) is 2.91. The fourth-order valence-corrected chi connectivity index (χ4v) is 3.47. The molecule has 0 saturated heterocycles. The second-order valence-electron chi connectivity index (χ2n) is 5.87. The molecule has 5 heteroatoms. The van der Waals surface area contributed by atoms with Crippen molar-refractivity contribution >= 4 is 29.1 Å². The molecule has 3 nitrogen and oxygen atoms in total. The van der Waals surface area contributed by atoms with E-state index in [1.54, 1.807) is 6.92 Å². The fourth-order valence-electron chi connectivity index (χ4n) is 2.77. The Morgan fingerprint density at radius 1 is 1.33 bits per heavy atom. The number of alkyl halides is 2. The molecule has 0 heterocycles. The number of halogens is 2. The van der Waals surface area contributed by atoms with Crippen molar-refractivity contribution in [1.82, 2.24) is 5.32 Å². The molecular weight excluding hydrogens is 273 g/mol. The van der Waals surface area contributed by atoms with Gasteiger partial charge in [0.15, 0.2) is 0 Å². The van der Waals surface area contributed by atoms with E-state index in [9.17, 15) is 9.90 Å². The van der Waals surface area contributed by atoms with Gasteiger partial charge in [0.25, 0.3) is 0 Å². The zero-order valence-corrected chi connectivity index (χ0v) is 12.2. The first-order chi connectivity index (χ1) is 8.40. The van der Waals surface area contributed by atoms with Crippen LogP contribution in [-0.4, -0.2) is 28.0 Å². The smallest absolute Gasteiger partial charge is 0.229 e. The van der Waals surface area contributed by atoms with Gasteiger partial charge in [-0.25, -0.2) is 0 Å². The minimum Gasteiger partial charge on any atom is -0.396 e. The SMILES string of the molecule is CC1(C(=O)NC2CCCCCC2CO)CC1(Cl)Cl. The summed E-state index contributed by atoms with van der Waals surface area (Å²) in [6.07, 6.45) is 5.82. The van der Waals surface area contributed by atoms with Crippen molar-refractivity contribution in [1.29, 1.82) is 0 Å². The van der Waals surface area contributed by atoms with Crippen LogP contribution in [0.15, 0.2) is 0 Å². The molecule has 18 heavy (non-hydrogen) atoms. The summed E-state index contributed by atoms with van der Waals surface area (Å²) in [5.74, 6) is 0.0942. The van der Waals surface area contributed by atoms with Crippen molar-refractivity contribution in [2.24, 2.45) is 11.3 Å². The molecular formula is C13H21Cl2NO2. The average molecular weight is 294 g/mol. The molecule has 2 saturated carbocycles. The lowest BCUT2D eigenvalue weighted by Crippen LogP contribution is -2.45. The Kier molecular flexibility index (Phi) is 4.15. The Hall–Kier alpha value is 0.01000. The largest absolute Gasteiger partial charge is 0.396 e. The van der Waals surface area contributed by atoms with Gasteiger partial charge in [-0.2, -0.15) is 0 Å². The first kappa shape index (κ1) is 14.4. The second-order valence-corrected chi connectivity index (χ2v) is 7.36. The van der Waals surface area contributed by atoms with Crippen LogP contribution >= 0.6 is 23.2 Å². The van der Waals surface area contributed by atoms with Crippen molar-refractivity contribution in [3.63, 3.8) is 0 Å². The van der Waals surface area contributed by atoms with E-state index in [0.29, 0.717) is 6.42 Å². The summed E-state index contributed by atoms with van der Waals surface area (Å²) < 4.78 is -0.920. The van der Waals surface area contributed by atoms with E-state index in [-0.39, 0.29) is 24.5 Å². The predicted molar refractivity (Wildman–Crippen MR) is 72.8 cm³/mol. The van der Waals surface area contributed by atoms with Crippen LogP contribution in [0.3, 0.4) is 0 Å². The third kappa shape index (κ3) is 2.63. The standard InChI is InChI=1S/C13H21Cl2NO2/c1-12(8-13(12,14)15)11(18)16-10-6-4-2-3-5-9(10)7-17/h9-10,17H,2-8H2,1H3,(H,16,18). The van der Waals surface area contributed by atoms with Gasteiger partial charge >= 0.3 is 0 Å². The van der Waals surface area contributed by atoms with E-state index < -0.39 is 9.75 Å². The van der Waals surface area contributed by atoms with Gasteiger partial charge in [0.05, 0.1) is 5.41 Å². The number of aliphatic hydroxyl groups is 1.